The van der Waals surface area contributed by atoms with Crippen LogP contribution in [0.25, 0.3) is 0 Å². The van der Waals surface area contributed by atoms with Crippen LogP contribution in [0.2, 0.25) is 0 Å². The lowest BCUT2D eigenvalue weighted by Gasteiger charge is -2.39. The molecule has 3 saturated carbocycles. The molecule has 0 N–H and O–H groups in total. The third kappa shape index (κ3) is 35.1. The van der Waals surface area contributed by atoms with Crippen LogP contribution in [0.5, 0.6) is 0 Å². The van der Waals surface area contributed by atoms with Gasteiger partial charge in [0, 0.05) is 0 Å². The Hall–Kier alpha value is -0.0100. The maximum absolute atomic E-state index is 8.55. The summed E-state index contributed by atoms with van der Waals surface area (Å²) in [6.45, 7) is 11.1. The summed E-state index contributed by atoms with van der Waals surface area (Å²) >= 11 is 0. The van der Waals surface area contributed by atoms with Gasteiger partial charge in [-0.1, -0.05) is 136 Å². The first-order chi connectivity index (χ1) is 28.0. The molecular weight excluding hydrogens is 750 g/mol. The molecule has 3 fully saturated rings. The van der Waals surface area contributed by atoms with E-state index in [0.717, 1.165) is 18.1 Å². The predicted octanol–water partition coefficient (Wildman–Crippen LogP) is 12.6. The van der Waals surface area contributed by atoms with E-state index in [1.54, 1.807) is 0 Å². The lowest BCUT2D eigenvalue weighted by molar-refractivity contribution is -0.916. The number of unbranched alkanes of at least 4 members (excludes halogenated alkanes) is 12. The quantitative estimate of drug-likeness (QED) is 0.0654. The number of nitrogens with zero attached hydrogens (tertiary/aromatic N) is 3. The average Bonchev–Trinajstić information content (AvgIpc) is 3.10. The molecule has 0 aromatic carbocycles. The highest BCUT2D eigenvalue weighted by Gasteiger charge is 2.29. The number of hydrogen-bond donors (Lipinski definition) is 0. The lowest BCUT2D eigenvalue weighted by Crippen LogP contribution is -2.49. The second kappa shape index (κ2) is 36.3. The molecule has 356 valence electrons. The SMILES string of the molecule is CCCCCCC[N+](C)(C)C1CCCCCCC1.CCCCCCC[N+](C)(C)C1CCCCCCC1.CCCCCCC[N+](C)(C)C1CCCCCCC1.O=P([O-])([O-])[O-]. The second-order valence-electron chi connectivity index (χ2n) is 21.2. The summed E-state index contributed by atoms with van der Waals surface area (Å²) < 4.78 is 12.4. The highest BCUT2D eigenvalue weighted by molar-refractivity contribution is 7.40. The maximum atomic E-state index is 8.55. The molecule has 3 rings (SSSR count). The minimum absolute atomic E-state index is 0.941. The number of quaternary nitrogens is 3. The van der Waals surface area contributed by atoms with Crippen LogP contribution in [-0.2, 0) is 4.57 Å². The monoisotopic (exact) mass is 858 g/mol. The fourth-order valence-corrected chi connectivity index (χ4v) is 10.3. The predicted molar refractivity (Wildman–Crippen MR) is 253 cm³/mol. The van der Waals surface area contributed by atoms with E-state index in [1.807, 2.05) is 0 Å². The smallest absolute Gasteiger partial charge is 0.0886 e. The largest absolute Gasteiger partial charge is 0.822 e. The van der Waals surface area contributed by atoms with Gasteiger partial charge in [-0.2, -0.15) is 7.82 Å². The fourth-order valence-electron chi connectivity index (χ4n) is 10.3. The van der Waals surface area contributed by atoms with Crippen LogP contribution in [0.15, 0.2) is 0 Å². The van der Waals surface area contributed by atoms with Crippen LogP contribution >= 0.6 is 7.82 Å². The van der Waals surface area contributed by atoms with Crippen molar-refractivity contribution < 1.29 is 32.7 Å². The summed E-state index contributed by atoms with van der Waals surface area (Å²) in [5.41, 5.74) is 0. The minimum Gasteiger partial charge on any atom is -0.822 e. The van der Waals surface area contributed by atoms with Gasteiger partial charge >= 0.3 is 0 Å². The first-order valence-corrected chi connectivity index (χ1v) is 27.7. The van der Waals surface area contributed by atoms with E-state index in [2.05, 4.69) is 63.1 Å². The van der Waals surface area contributed by atoms with Gasteiger partial charge in [0.2, 0.25) is 0 Å². The highest BCUT2D eigenvalue weighted by atomic mass is 31.2. The van der Waals surface area contributed by atoms with Crippen LogP contribution in [0.3, 0.4) is 0 Å². The average molecular weight is 858 g/mol. The van der Waals surface area contributed by atoms with Gasteiger partial charge in [0.1, 0.15) is 0 Å². The molecule has 3 aliphatic carbocycles. The Labute approximate surface area is 371 Å². The van der Waals surface area contributed by atoms with E-state index in [0.29, 0.717) is 0 Å². The Morgan fingerprint density at radius 3 is 0.695 bits per heavy atom. The van der Waals surface area contributed by atoms with Crippen LogP contribution in [0.4, 0.5) is 0 Å². The Balaban J connectivity index is 0.000000807. The highest BCUT2D eigenvalue weighted by Crippen LogP contribution is 2.27. The fraction of sp³-hybridized carbons (Fsp3) is 1.00. The van der Waals surface area contributed by atoms with Gasteiger partial charge in [0.25, 0.3) is 0 Å². The summed E-state index contributed by atoms with van der Waals surface area (Å²) in [7, 11) is 9.48. The first-order valence-electron chi connectivity index (χ1n) is 26.2. The van der Waals surface area contributed by atoms with Gasteiger partial charge in [-0.15, -0.1) is 0 Å². The number of phosphoric acid groups is 1. The van der Waals surface area contributed by atoms with Gasteiger partial charge in [0.05, 0.1) is 80.0 Å². The normalized spacial score (nSPS) is 18.8. The molecule has 0 saturated heterocycles. The molecule has 0 atom stereocenters. The summed E-state index contributed by atoms with van der Waals surface area (Å²) in [4.78, 5) is 25.6. The maximum Gasteiger partial charge on any atom is 0.0886 e. The summed E-state index contributed by atoms with van der Waals surface area (Å²) in [5.74, 6) is 0. The van der Waals surface area contributed by atoms with Crippen molar-refractivity contribution >= 4 is 7.82 Å². The first kappa shape index (κ1) is 59.0. The molecule has 0 amide bonds. The third-order valence-corrected chi connectivity index (χ3v) is 14.7. The molecule has 3 aliphatic rings. The second-order valence-corrected chi connectivity index (χ2v) is 22.1. The van der Waals surface area contributed by atoms with Crippen LogP contribution in [0, 0.1) is 0 Å². The Kier molecular flexibility index (Phi) is 36.3. The molecule has 8 heteroatoms. The molecule has 0 radical (unpaired) electrons. The molecule has 0 bridgehead atoms. The standard InChI is InChI=1S/3C17H36N.H3O4P/c3*1-4-5-6-10-13-16-18(2,3)17-14-11-8-7-9-12-15-17;1-5(2,3)4/h3*17H,4-16H2,1-3H3;(H3,1,2,3,4)/q3*+1;/p-3. The molecule has 0 aliphatic heterocycles. The van der Waals surface area contributed by atoms with Crippen molar-refractivity contribution in [2.75, 3.05) is 61.9 Å². The molecular formula is C51H108N3O4P. The molecule has 7 nitrogen and oxygen atoms in total. The van der Waals surface area contributed by atoms with Crippen molar-refractivity contribution in [3.05, 3.63) is 0 Å². The van der Waals surface area contributed by atoms with E-state index >= 15 is 0 Å². The van der Waals surface area contributed by atoms with E-state index in [-0.39, 0.29) is 0 Å². The van der Waals surface area contributed by atoms with Gasteiger partial charge in [-0.3, -0.25) is 0 Å². The summed E-state index contributed by atoms with van der Waals surface area (Å²) in [6, 6.07) is 2.82. The molecule has 0 aromatic heterocycles. The van der Waals surface area contributed by atoms with Crippen LogP contribution < -0.4 is 14.7 Å². The summed E-state index contributed by atoms with van der Waals surface area (Å²) in [5, 5.41) is 0. The zero-order valence-corrected chi connectivity index (χ0v) is 42.6. The van der Waals surface area contributed by atoms with Crippen LogP contribution in [-0.4, -0.2) is 93.5 Å². The van der Waals surface area contributed by atoms with E-state index in [1.165, 1.54) is 264 Å². The molecule has 0 spiro atoms. The van der Waals surface area contributed by atoms with Crippen molar-refractivity contribution in [3.63, 3.8) is 0 Å². The van der Waals surface area contributed by atoms with Crippen molar-refractivity contribution in [2.24, 2.45) is 0 Å². The van der Waals surface area contributed by atoms with E-state index in [9.17, 15) is 0 Å². The zero-order valence-electron chi connectivity index (χ0n) is 41.7. The van der Waals surface area contributed by atoms with E-state index < -0.39 is 7.82 Å². The van der Waals surface area contributed by atoms with Crippen molar-refractivity contribution in [1.29, 1.82) is 0 Å². The van der Waals surface area contributed by atoms with E-state index in [4.69, 9.17) is 19.2 Å². The minimum atomic E-state index is -5.39. The molecule has 0 aromatic rings. The zero-order chi connectivity index (χ0) is 44.3. The molecule has 59 heavy (non-hydrogen) atoms. The van der Waals surface area contributed by atoms with Crippen molar-refractivity contribution in [3.8, 4) is 0 Å². The Morgan fingerprint density at radius 2 is 0.508 bits per heavy atom. The lowest BCUT2D eigenvalue weighted by atomic mass is 9.94. The molecule has 0 unspecified atom stereocenters. The third-order valence-electron chi connectivity index (χ3n) is 14.7. The van der Waals surface area contributed by atoms with Crippen molar-refractivity contribution in [2.45, 2.75) is 270 Å². The number of rotatable bonds is 21. The molecule has 0 heterocycles. The van der Waals surface area contributed by atoms with Gasteiger partial charge in [0.15, 0.2) is 0 Å². The summed E-state index contributed by atoms with van der Waals surface area (Å²) in [6.07, 6.45) is 52.4. The Morgan fingerprint density at radius 1 is 0.339 bits per heavy atom. The Bertz CT molecular complexity index is 834. The number of hydrogen-bond acceptors (Lipinski definition) is 4. The van der Waals surface area contributed by atoms with Gasteiger partial charge in [-0.05, 0) is 116 Å². The van der Waals surface area contributed by atoms with Crippen molar-refractivity contribution in [1.82, 2.24) is 0 Å². The van der Waals surface area contributed by atoms with Gasteiger partial charge < -0.3 is 32.7 Å². The van der Waals surface area contributed by atoms with Crippen LogP contribution in [0.1, 0.15) is 252 Å². The van der Waals surface area contributed by atoms with Gasteiger partial charge in [-0.25, -0.2) is 0 Å². The topological polar surface area (TPSA) is 86.2 Å².